The molecule has 0 rings (SSSR count). The van der Waals surface area contributed by atoms with Crippen LogP contribution in [0.15, 0.2) is 0 Å². The maximum atomic E-state index is 12.2. The second kappa shape index (κ2) is 18.4. The fourth-order valence-electron chi connectivity index (χ4n) is 3.35. The van der Waals surface area contributed by atoms with Crippen LogP contribution >= 0.6 is 0 Å². The molecule has 0 bridgehead atoms. The van der Waals surface area contributed by atoms with Crippen molar-refractivity contribution in [3.05, 3.63) is 0 Å². The Bertz CT molecular complexity index is 347. The lowest BCUT2D eigenvalue weighted by atomic mass is 9.92. The third kappa shape index (κ3) is 12.7. The van der Waals surface area contributed by atoms with E-state index in [0.29, 0.717) is 0 Å². The van der Waals surface area contributed by atoms with Gasteiger partial charge in [-0.3, -0.25) is 4.79 Å². The maximum Gasteiger partial charge on any atom is 0.308 e. The van der Waals surface area contributed by atoms with Crippen LogP contribution in [-0.4, -0.2) is 47.7 Å². The van der Waals surface area contributed by atoms with Crippen molar-refractivity contribution in [2.75, 3.05) is 26.4 Å². The predicted molar refractivity (Wildman–Crippen MR) is 114 cm³/mol. The number of hydrogen-bond donors (Lipinski definition) is 3. The number of rotatable bonds is 20. The van der Waals surface area contributed by atoms with Gasteiger partial charge in [-0.2, -0.15) is 0 Å². The van der Waals surface area contributed by atoms with Gasteiger partial charge in [-0.1, -0.05) is 90.9 Å². The van der Waals surface area contributed by atoms with E-state index in [1.165, 1.54) is 64.2 Å². The quantitative estimate of drug-likeness (QED) is 0.204. The highest BCUT2D eigenvalue weighted by Gasteiger charge is 2.31. The Hall–Kier alpha value is -0.650. The molecule has 0 amide bonds. The lowest BCUT2D eigenvalue weighted by Gasteiger charge is -2.27. The Kier molecular flexibility index (Phi) is 18.0. The van der Waals surface area contributed by atoms with E-state index >= 15 is 0 Å². The van der Waals surface area contributed by atoms with Crippen LogP contribution in [0, 0.1) is 11.3 Å². The van der Waals surface area contributed by atoms with Crippen LogP contribution in [-0.2, 0) is 9.53 Å². The highest BCUT2D eigenvalue weighted by atomic mass is 16.5. The second-order valence-corrected chi connectivity index (χ2v) is 8.36. The first kappa shape index (κ1) is 27.4. The van der Waals surface area contributed by atoms with E-state index in [2.05, 4.69) is 6.92 Å². The molecule has 0 aliphatic rings. The molecule has 0 aromatic carbocycles. The van der Waals surface area contributed by atoms with Gasteiger partial charge in [0, 0.05) is 0 Å². The van der Waals surface area contributed by atoms with Crippen LogP contribution in [0.2, 0.25) is 0 Å². The summed E-state index contributed by atoms with van der Waals surface area (Å²) in [5, 5.41) is 27.9. The number of carbonyl (C=O) groups excluding carboxylic acids is 1. The molecule has 5 heteroatoms. The van der Waals surface area contributed by atoms with Crippen molar-refractivity contribution in [1.29, 1.82) is 0 Å². The summed E-state index contributed by atoms with van der Waals surface area (Å²) in [5.41, 5.74) is -1.15. The summed E-state index contributed by atoms with van der Waals surface area (Å²) >= 11 is 0. The largest absolute Gasteiger partial charge is 0.465 e. The van der Waals surface area contributed by atoms with Crippen LogP contribution < -0.4 is 0 Å². The van der Waals surface area contributed by atoms with Gasteiger partial charge in [0.1, 0.15) is 6.61 Å². The van der Waals surface area contributed by atoms with Gasteiger partial charge in [0.2, 0.25) is 0 Å². The van der Waals surface area contributed by atoms with Gasteiger partial charge >= 0.3 is 5.97 Å². The molecule has 0 saturated carbocycles. The average molecular weight is 403 g/mol. The number of carbonyl (C=O) groups is 1. The maximum absolute atomic E-state index is 12.2. The van der Waals surface area contributed by atoms with Crippen molar-refractivity contribution >= 4 is 5.97 Å². The van der Waals surface area contributed by atoms with E-state index in [-0.39, 0.29) is 18.5 Å². The molecule has 0 heterocycles. The summed E-state index contributed by atoms with van der Waals surface area (Å²) in [6, 6.07) is 0. The van der Waals surface area contributed by atoms with Crippen molar-refractivity contribution in [1.82, 2.24) is 0 Å². The van der Waals surface area contributed by atoms with Gasteiger partial charge in [0.15, 0.2) is 0 Å². The Labute approximate surface area is 172 Å². The minimum atomic E-state index is -1.15. The zero-order valence-electron chi connectivity index (χ0n) is 18.5. The number of ether oxygens (including phenoxy) is 1. The number of aliphatic hydroxyl groups excluding tert-OH is 3. The second-order valence-electron chi connectivity index (χ2n) is 8.36. The summed E-state index contributed by atoms with van der Waals surface area (Å²) in [6.45, 7) is 2.84. The molecule has 1 atom stereocenters. The minimum absolute atomic E-state index is 0.142. The molecule has 28 heavy (non-hydrogen) atoms. The summed E-state index contributed by atoms with van der Waals surface area (Å²) in [6.07, 6.45) is 17.1. The molecule has 0 aliphatic carbocycles. The molecule has 0 radical (unpaired) electrons. The van der Waals surface area contributed by atoms with Gasteiger partial charge in [-0.15, -0.1) is 0 Å². The Morgan fingerprint density at radius 3 is 1.57 bits per heavy atom. The topological polar surface area (TPSA) is 87.0 Å². The molecule has 0 aliphatic heterocycles. The van der Waals surface area contributed by atoms with Crippen molar-refractivity contribution in [3.8, 4) is 0 Å². The highest BCUT2D eigenvalue weighted by Crippen LogP contribution is 2.20. The molecule has 0 saturated heterocycles. The average Bonchev–Trinajstić information content (AvgIpc) is 2.73. The first-order valence-electron chi connectivity index (χ1n) is 11.6. The Morgan fingerprint density at radius 2 is 1.18 bits per heavy atom. The first-order chi connectivity index (χ1) is 13.6. The third-order valence-corrected chi connectivity index (χ3v) is 5.76. The van der Waals surface area contributed by atoms with Crippen molar-refractivity contribution in [3.63, 3.8) is 0 Å². The van der Waals surface area contributed by atoms with Gasteiger partial charge in [-0.05, 0) is 12.8 Å². The first-order valence-corrected chi connectivity index (χ1v) is 11.6. The van der Waals surface area contributed by atoms with E-state index in [1.807, 2.05) is 6.92 Å². The van der Waals surface area contributed by atoms with E-state index in [0.717, 1.165) is 25.7 Å². The molecular formula is C23H46O5. The summed E-state index contributed by atoms with van der Waals surface area (Å²) in [4.78, 5) is 12.2. The third-order valence-electron chi connectivity index (χ3n) is 5.76. The van der Waals surface area contributed by atoms with Gasteiger partial charge in [0.05, 0.1) is 31.2 Å². The molecular weight excluding hydrogens is 356 g/mol. The van der Waals surface area contributed by atoms with Crippen LogP contribution in [0.4, 0.5) is 0 Å². The summed E-state index contributed by atoms with van der Waals surface area (Å²) < 4.78 is 5.27. The van der Waals surface area contributed by atoms with Crippen LogP contribution in [0.25, 0.3) is 0 Å². The summed E-state index contributed by atoms with van der Waals surface area (Å²) in [5.74, 6) is -0.429. The molecule has 5 nitrogen and oxygen atoms in total. The van der Waals surface area contributed by atoms with E-state index in [1.54, 1.807) is 0 Å². The fraction of sp³-hybridized carbons (Fsp3) is 0.957. The SMILES string of the molecule is CCCCCCCCCCCCCCC(CC)C(=O)OCC(CO)(CO)CO. The molecule has 3 N–H and O–H groups in total. The molecule has 0 fully saturated rings. The van der Waals surface area contributed by atoms with Crippen LogP contribution in [0.1, 0.15) is 104 Å². The lowest BCUT2D eigenvalue weighted by Crippen LogP contribution is -2.40. The van der Waals surface area contributed by atoms with Crippen molar-refractivity contribution in [2.45, 2.75) is 104 Å². The Morgan fingerprint density at radius 1 is 0.750 bits per heavy atom. The number of aliphatic hydroxyl groups is 3. The zero-order chi connectivity index (χ0) is 21.1. The van der Waals surface area contributed by atoms with Crippen molar-refractivity contribution in [2.24, 2.45) is 11.3 Å². The van der Waals surface area contributed by atoms with Gasteiger partial charge in [-0.25, -0.2) is 0 Å². The number of esters is 1. The van der Waals surface area contributed by atoms with E-state index < -0.39 is 25.2 Å². The minimum Gasteiger partial charge on any atom is -0.465 e. The van der Waals surface area contributed by atoms with E-state index in [9.17, 15) is 20.1 Å². The summed E-state index contributed by atoms with van der Waals surface area (Å²) in [7, 11) is 0. The standard InChI is InChI=1S/C23H46O5/c1-3-5-6-7-8-9-10-11-12-13-14-15-16-21(4-2)22(27)28-20-23(17-24,18-25)19-26/h21,24-26H,3-20H2,1-2H3. The lowest BCUT2D eigenvalue weighted by molar-refractivity contribution is -0.156. The van der Waals surface area contributed by atoms with Gasteiger partial charge in [0.25, 0.3) is 0 Å². The molecule has 0 aromatic heterocycles. The Balaban J connectivity index is 3.76. The van der Waals surface area contributed by atoms with E-state index in [4.69, 9.17) is 4.74 Å². The monoisotopic (exact) mass is 402 g/mol. The normalized spacial score (nSPS) is 12.9. The molecule has 168 valence electrons. The van der Waals surface area contributed by atoms with Gasteiger partial charge < -0.3 is 20.1 Å². The van der Waals surface area contributed by atoms with Crippen LogP contribution in [0.3, 0.4) is 0 Å². The number of unbranched alkanes of at least 4 members (excludes halogenated alkanes) is 11. The molecule has 0 aromatic rings. The number of hydrogen-bond acceptors (Lipinski definition) is 5. The van der Waals surface area contributed by atoms with Crippen molar-refractivity contribution < 1.29 is 24.9 Å². The smallest absolute Gasteiger partial charge is 0.308 e. The highest BCUT2D eigenvalue weighted by molar-refractivity contribution is 5.72. The predicted octanol–water partition coefficient (Wildman–Crippen LogP) is 4.61. The molecule has 0 spiro atoms. The fourth-order valence-corrected chi connectivity index (χ4v) is 3.35. The zero-order valence-corrected chi connectivity index (χ0v) is 18.5. The van der Waals surface area contributed by atoms with Crippen LogP contribution in [0.5, 0.6) is 0 Å². The molecule has 1 unspecified atom stereocenters.